The maximum Gasteiger partial charge on any atom is 0.256 e. The minimum atomic E-state index is -0.268. The Morgan fingerprint density at radius 2 is 1.63 bits per heavy atom. The fourth-order valence-electron chi connectivity index (χ4n) is 2.33. The number of hydrogen-bond acceptors (Lipinski definition) is 4. The Morgan fingerprint density at radius 3 is 2.26 bits per heavy atom. The summed E-state index contributed by atoms with van der Waals surface area (Å²) >= 11 is 1.32. The van der Waals surface area contributed by atoms with Crippen molar-refractivity contribution in [3.63, 3.8) is 0 Å². The third-order valence-corrected chi connectivity index (χ3v) is 4.65. The lowest BCUT2D eigenvalue weighted by Gasteiger charge is -2.11. The molecule has 0 aliphatic heterocycles. The van der Waals surface area contributed by atoms with Crippen molar-refractivity contribution in [2.45, 2.75) is 24.8 Å². The molecule has 0 saturated heterocycles. The van der Waals surface area contributed by atoms with Crippen molar-refractivity contribution in [3.8, 4) is 0 Å². The summed E-state index contributed by atoms with van der Waals surface area (Å²) in [6, 6.07) is 13.9. The van der Waals surface area contributed by atoms with Crippen molar-refractivity contribution < 1.29 is 14.4 Å². The number of rotatable bonds is 7. The zero-order chi connectivity index (χ0) is 19.8. The van der Waals surface area contributed by atoms with E-state index in [4.69, 9.17) is 0 Å². The SMILES string of the molecule is CNC(=O)c1ccc(NC(=O)c2ccccc2SCC(=O)NC(C)C)cc1. The number of nitrogens with one attached hydrogen (secondary N) is 3. The molecule has 0 aromatic heterocycles. The van der Waals surface area contributed by atoms with Crippen LogP contribution >= 0.6 is 11.8 Å². The molecule has 27 heavy (non-hydrogen) atoms. The Labute approximate surface area is 163 Å². The van der Waals surface area contributed by atoms with Crippen molar-refractivity contribution in [2.24, 2.45) is 0 Å². The molecular formula is C20H23N3O3S. The summed E-state index contributed by atoms with van der Waals surface area (Å²) in [4.78, 5) is 36.8. The summed E-state index contributed by atoms with van der Waals surface area (Å²) in [5.41, 5.74) is 1.60. The summed E-state index contributed by atoms with van der Waals surface area (Å²) in [6.45, 7) is 3.80. The van der Waals surface area contributed by atoms with Crippen LogP contribution in [-0.4, -0.2) is 36.6 Å². The fourth-order valence-corrected chi connectivity index (χ4v) is 3.20. The van der Waals surface area contributed by atoms with Crippen LogP contribution in [0.25, 0.3) is 0 Å². The van der Waals surface area contributed by atoms with Gasteiger partial charge in [0.1, 0.15) is 0 Å². The Hall–Kier alpha value is -2.80. The van der Waals surface area contributed by atoms with E-state index in [0.29, 0.717) is 16.8 Å². The number of anilines is 1. The van der Waals surface area contributed by atoms with E-state index >= 15 is 0 Å². The third kappa shape index (κ3) is 6.14. The van der Waals surface area contributed by atoms with E-state index in [-0.39, 0.29) is 29.5 Å². The van der Waals surface area contributed by atoms with Crippen LogP contribution in [0.2, 0.25) is 0 Å². The van der Waals surface area contributed by atoms with Gasteiger partial charge in [0.2, 0.25) is 5.91 Å². The topological polar surface area (TPSA) is 87.3 Å². The van der Waals surface area contributed by atoms with Crippen LogP contribution in [0.5, 0.6) is 0 Å². The molecule has 142 valence electrons. The minimum Gasteiger partial charge on any atom is -0.355 e. The van der Waals surface area contributed by atoms with E-state index in [9.17, 15) is 14.4 Å². The van der Waals surface area contributed by atoms with E-state index in [0.717, 1.165) is 4.90 Å². The van der Waals surface area contributed by atoms with Crippen molar-refractivity contribution in [1.29, 1.82) is 0 Å². The quantitative estimate of drug-likeness (QED) is 0.640. The lowest BCUT2D eigenvalue weighted by molar-refractivity contribution is -0.119. The third-order valence-electron chi connectivity index (χ3n) is 3.57. The van der Waals surface area contributed by atoms with Crippen LogP contribution in [0, 0.1) is 0 Å². The largest absolute Gasteiger partial charge is 0.355 e. The first-order valence-electron chi connectivity index (χ1n) is 8.55. The van der Waals surface area contributed by atoms with E-state index in [2.05, 4.69) is 16.0 Å². The number of thioether (sulfide) groups is 1. The second kappa shape index (κ2) is 9.78. The van der Waals surface area contributed by atoms with Crippen LogP contribution in [-0.2, 0) is 4.79 Å². The summed E-state index contributed by atoms with van der Waals surface area (Å²) in [7, 11) is 1.56. The second-order valence-corrected chi connectivity index (χ2v) is 7.13. The molecule has 0 spiro atoms. The highest BCUT2D eigenvalue weighted by Crippen LogP contribution is 2.23. The first-order valence-corrected chi connectivity index (χ1v) is 9.54. The van der Waals surface area contributed by atoms with E-state index in [1.807, 2.05) is 26.0 Å². The van der Waals surface area contributed by atoms with Crippen LogP contribution < -0.4 is 16.0 Å². The molecule has 0 radical (unpaired) electrons. The molecule has 0 heterocycles. The highest BCUT2D eigenvalue weighted by atomic mass is 32.2. The van der Waals surface area contributed by atoms with Crippen LogP contribution in [0.15, 0.2) is 53.4 Å². The maximum absolute atomic E-state index is 12.6. The van der Waals surface area contributed by atoms with Gasteiger partial charge in [-0.3, -0.25) is 14.4 Å². The fraction of sp³-hybridized carbons (Fsp3) is 0.250. The second-order valence-electron chi connectivity index (χ2n) is 6.12. The van der Waals surface area contributed by atoms with Crippen LogP contribution in [0.4, 0.5) is 5.69 Å². The lowest BCUT2D eigenvalue weighted by Crippen LogP contribution is -2.31. The van der Waals surface area contributed by atoms with Gasteiger partial charge in [-0.05, 0) is 50.2 Å². The molecule has 7 heteroatoms. The number of carbonyl (C=O) groups is 3. The van der Waals surface area contributed by atoms with E-state index in [1.165, 1.54) is 11.8 Å². The molecule has 0 saturated carbocycles. The number of hydrogen-bond donors (Lipinski definition) is 3. The van der Waals surface area contributed by atoms with Gasteiger partial charge >= 0.3 is 0 Å². The molecular weight excluding hydrogens is 362 g/mol. The smallest absolute Gasteiger partial charge is 0.256 e. The van der Waals surface area contributed by atoms with Gasteiger partial charge in [-0.25, -0.2) is 0 Å². The number of carbonyl (C=O) groups excluding carboxylic acids is 3. The molecule has 6 nitrogen and oxygen atoms in total. The van der Waals surface area contributed by atoms with Crippen molar-refractivity contribution in [2.75, 3.05) is 18.1 Å². The molecule has 0 fully saturated rings. The monoisotopic (exact) mass is 385 g/mol. The zero-order valence-electron chi connectivity index (χ0n) is 15.5. The molecule has 2 aromatic carbocycles. The molecule has 0 unspecified atom stereocenters. The highest BCUT2D eigenvalue weighted by Gasteiger charge is 2.14. The lowest BCUT2D eigenvalue weighted by atomic mass is 10.1. The highest BCUT2D eigenvalue weighted by molar-refractivity contribution is 8.00. The maximum atomic E-state index is 12.6. The Kier molecular flexibility index (Phi) is 7.43. The van der Waals surface area contributed by atoms with Gasteiger partial charge in [-0.1, -0.05) is 12.1 Å². The summed E-state index contributed by atoms with van der Waals surface area (Å²) < 4.78 is 0. The van der Waals surface area contributed by atoms with Crippen LogP contribution in [0.3, 0.4) is 0 Å². The van der Waals surface area contributed by atoms with Crippen molar-refractivity contribution >= 4 is 35.2 Å². The van der Waals surface area contributed by atoms with Crippen LogP contribution in [0.1, 0.15) is 34.6 Å². The average Bonchev–Trinajstić information content (AvgIpc) is 2.66. The predicted molar refractivity (Wildman–Crippen MR) is 108 cm³/mol. The van der Waals surface area contributed by atoms with Gasteiger partial charge in [0, 0.05) is 29.2 Å². The Bertz CT molecular complexity index is 819. The molecule has 0 bridgehead atoms. The first kappa shape index (κ1) is 20.5. The summed E-state index contributed by atoms with van der Waals surface area (Å²) in [6.07, 6.45) is 0. The molecule has 0 aliphatic carbocycles. The molecule has 2 aromatic rings. The molecule has 0 atom stereocenters. The normalized spacial score (nSPS) is 10.4. The molecule has 3 N–H and O–H groups in total. The number of amides is 3. The standard InChI is InChI=1S/C20H23N3O3S/c1-13(2)22-18(24)12-27-17-7-5-4-6-16(17)20(26)23-15-10-8-14(9-11-15)19(25)21-3/h4-11,13H,12H2,1-3H3,(H,21,25)(H,22,24)(H,23,26). The predicted octanol–water partition coefficient (Wildman–Crippen LogP) is 2.92. The van der Waals surface area contributed by atoms with Crippen molar-refractivity contribution in [3.05, 3.63) is 59.7 Å². The van der Waals surface area contributed by atoms with Gasteiger partial charge in [0.05, 0.1) is 11.3 Å². The van der Waals surface area contributed by atoms with Gasteiger partial charge in [0.25, 0.3) is 11.8 Å². The Morgan fingerprint density at radius 1 is 0.963 bits per heavy atom. The Balaban J connectivity index is 2.06. The first-order chi connectivity index (χ1) is 12.9. The summed E-state index contributed by atoms with van der Waals surface area (Å²) in [5.74, 6) is -0.289. The van der Waals surface area contributed by atoms with E-state index < -0.39 is 0 Å². The van der Waals surface area contributed by atoms with Gasteiger partial charge in [-0.15, -0.1) is 11.8 Å². The minimum absolute atomic E-state index is 0.0741. The van der Waals surface area contributed by atoms with E-state index in [1.54, 1.807) is 43.4 Å². The molecule has 3 amide bonds. The molecule has 2 rings (SSSR count). The van der Waals surface area contributed by atoms with Gasteiger partial charge < -0.3 is 16.0 Å². The zero-order valence-corrected chi connectivity index (χ0v) is 16.4. The number of benzene rings is 2. The van der Waals surface area contributed by atoms with Gasteiger partial charge in [-0.2, -0.15) is 0 Å². The summed E-state index contributed by atoms with van der Waals surface area (Å²) in [5, 5.41) is 8.19. The molecule has 0 aliphatic rings. The average molecular weight is 385 g/mol. The van der Waals surface area contributed by atoms with Crippen molar-refractivity contribution in [1.82, 2.24) is 10.6 Å². The van der Waals surface area contributed by atoms with Gasteiger partial charge in [0.15, 0.2) is 0 Å².